The van der Waals surface area contributed by atoms with Crippen molar-refractivity contribution in [1.29, 1.82) is 0 Å². The molecule has 1 aromatic heterocycles. The number of benzene rings is 1. The van der Waals surface area contributed by atoms with Crippen molar-refractivity contribution in [3.8, 4) is 11.4 Å². The number of methoxy groups -OCH3 is 1. The van der Waals surface area contributed by atoms with E-state index in [1.54, 1.807) is 19.2 Å². The molecule has 1 N–H and O–H groups in total. The van der Waals surface area contributed by atoms with Gasteiger partial charge in [-0.3, -0.25) is 4.79 Å². The van der Waals surface area contributed by atoms with Crippen LogP contribution in [0.5, 0.6) is 0 Å². The average molecular weight is 296 g/mol. The van der Waals surface area contributed by atoms with Crippen LogP contribution in [0.2, 0.25) is 5.02 Å². The molecule has 0 saturated heterocycles. The standard InChI is InChI=1S/C12H14ClN5O2/c1-20-7-6-14-11(19)8-18-16-12(15-17-18)9-4-2-3-5-10(9)13/h2-5H,6-8H2,1H3,(H,14,19). The number of aromatic nitrogens is 4. The molecule has 0 bridgehead atoms. The lowest BCUT2D eigenvalue weighted by atomic mass is 10.2. The fourth-order valence-corrected chi connectivity index (χ4v) is 1.76. The zero-order chi connectivity index (χ0) is 14.4. The second-order valence-corrected chi connectivity index (χ2v) is 4.37. The van der Waals surface area contributed by atoms with E-state index in [1.165, 1.54) is 4.80 Å². The Labute approximate surface area is 120 Å². The van der Waals surface area contributed by atoms with E-state index in [0.717, 1.165) is 0 Å². The van der Waals surface area contributed by atoms with Gasteiger partial charge in [-0.05, 0) is 17.3 Å². The Bertz CT molecular complexity index is 587. The molecule has 2 aromatic rings. The van der Waals surface area contributed by atoms with Crippen molar-refractivity contribution in [1.82, 2.24) is 25.5 Å². The Morgan fingerprint density at radius 1 is 1.45 bits per heavy atom. The molecule has 1 aromatic carbocycles. The minimum atomic E-state index is -0.204. The zero-order valence-electron chi connectivity index (χ0n) is 10.9. The summed E-state index contributed by atoms with van der Waals surface area (Å²) in [5.41, 5.74) is 0.681. The number of carbonyl (C=O) groups is 1. The van der Waals surface area contributed by atoms with E-state index in [2.05, 4.69) is 20.7 Å². The number of nitrogens with one attached hydrogen (secondary N) is 1. The van der Waals surface area contributed by atoms with Crippen molar-refractivity contribution in [3.63, 3.8) is 0 Å². The molecule has 2 rings (SSSR count). The third-order valence-electron chi connectivity index (χ3n) is 2.48. The Morgan fingerprint density at radius 3 is 3.00 bits per heavy atom. The lowest BCUT2D eigenvalue weighted by molar-refractivity contribution is -0.122. The van der Waals surface area contributed by atoms with Gasteiger partial charge in [0.2, 0.25) is 11.7 Å². The molecule has 0 spiro atoms. The molecule has 106 valence electrons. The van der Waals surface area contributed by atoms with Crippen LogP contribution in [0.4, 0.5) is 0 Å². The van der Waals surface area contributed by atoms with E-state index in [4.69, 9.17) is 16.3 Å². The molecule has 0 aliphatic heterocycles. The first-order valence-electron chi connectivity index (χ1n) is 5.99. The Balaban J connectivity index is 1.99. The maximum Gasteiger partial charge on any atom is 0.243 e. The van der Waals surface area contributed by atoms with Crippen LogP contribution in [-0.4, -0.2) is 46.4 Å². The first kappa shape index (κ1) is 14.4. The molecule has 7 nitrogen and oxygen atoms in total. The Kier molecular flexibility index (Phi) is 5.03. The van der Waals surface area contributed by atoms with Crippen LogP contribution < -0.4 is 5.32 Å². The van der Waals surface area contributed by atoms with Gasteiger partial charge in [0.1, 0.15) is 6.54 Å². The maximum atomic E-state index is 11.6. The van der Waals surface area contributed by atoms with Crippen LogP contribution in [0.3, 0.4) is 0 Å². The molecule has 1 amide bonds. The summed E-state index contributed by atoms with van der Waals surface area (Å²) in [5.74, 6) is 0.186. The summed E-state index contributed by atoms with van der Waals surface area (Å²) in [6.45, 7) is 0.907. The van der Waals surface area contributed by atoms with Gasteiger partial charge in [0.15, 0.2) is 0 Å². The van der Waals surface area contributed by atoms with Crippen molar-refractivity contribution < 1.29 is 9.53 Å². The molecule has 0 aliphatic carbocycles. The monoisotopic (exact) mass is 295 g/mol. The van der Waals surface area contributed by atoms with Gasteiger partial charge in [-0.25, -0.2) is 0 Å². The highest BCUT2D eigenvalue weighted by Crippen LogP contribution is 2.23. The molecule has 0 unspecified atom stereocenters. The lowest BCUT2D eigenvalue weighted by Crippen LogP contribution is -2.31. The smallest absolute Gasteiger partial charge is 0.243 e. The number of carbonyl (C=O) groups excluding carboxylic acids is 1. The van der Waals surface area contributed by atoms with Gasteiger partial charge in [0, 0.05) is 19.2 Å². The quantitative estimate of drug-likeness (QED) is 0.796. The highest BCUT2D eigenvalue weighted by molar-refractivity contribution is 6.33. The molecule has 20 heavy (non-hydrogen) atoms. The fraction of sp³-hybridized carbons (Fsp3) is 0.333. The van der Waals surface area contributed by atoms with Gasteiger partial charge in [-0.2, -0.15) is 4.80 Å². The van der Waals surface area contributed by atoms with E-state index in [9.17, 15) is 4.79 Å². The molecular formula is C12H14ClN5O2. The molecule has 0 fully saturated rings. The average Bonchev–Trinajstić information content (AvgIpc) is 2.88. The molecule has 0 aliphatic rings. The molecule has 0 atom stereocenters. The van der Waals surface area contributed by atoms with Gasteiger partial charge >= 0.3 is 0 Å². The number of nitrogens with zero attached hydrogens (tertiary/aromatic N) is 4. The number of hydrogen-bond donors (Lipinski definition) is 1. The number of hydrogen-bond acceptors (Lipinski definition) is 5. The summed E-state index contributed by atoms with van der Waals surface area (Å²) in [7, 11) is 1.57. The van der Waals surface area contributed by atoms with Crippen LogP contribution in [0.1, 0.15) is 0 Å². The topological polar surface area (TPSA) is 81.9 Å². The van der Waals surface area contributed by atoms with Crippen LogP contribution in [0.25, 0.3) is 11.4 Å². The van der Waals surface area contributed by atoms with Crippen LogP contribution in [-0.2, 0) is 16.1 Å². The highest BCUT2D eigenvalue weighted by Gasteiger charge is 2.11. The Morgan fingerprint density at radius 2 is 2.25 bits per heavy atom. The van der Waals surface area contributed by atoms with Crippen molar-refractivity contribution in [2.24, 2.45) is 0 Å². The summed E-state index contributed by atoms with van der Waals surface area (Å²) in [5, 5.41) is 15.1. The number of tetrazole rings is 1. The Hall–Kier alpha value is -1.99. The first-order chi connectivity index (χ1) is 9.70. The van der Waals surface area contributed by atoms with Crippen molar-refractivity contribution in [2.75, 3.05) is 20.3 Å². The molecule has 1 heterocycles. The summed E-state index contributed by atoms with van der Waals surface area (Å²) in [6.07, 6.45) is 0. The predicted molar refractivity (Wildman–Crippen MR) is 73.1 cm³/mol. The molecule has 0 radical (unpaired) electrons. The molecule has 0 saturated carbocycles. The number of halogens is 1. The zero-order valence-corrected chi connectivity index (χ0v) is 11.7. The first-order valence-corrected chi connectivity index (χ1v) is 6.37. The van der Waals surface area contributed by atoms with E-state index in [1.807, 2.05) is 12.1 Å². The maximum absolute atomic E-state index is 11.6. The number of amides is 1. The molecular weight excluding hydrogens is 282 g/mol. The summed E-state index contributed by atoms with van der Waals surface area (Å²) >= 11 is 6.05. The predicted octanol–water partition coefficient (Wildman–Crippen LogP) is 0.756. The van der Waals surface area contributed by atoms with E-state index >= 15 is 0 Å². The highest BCUT2D eigenvalue weighted by atomic mass is 35.5. The van der Waals surface area contributed by atoms with Crippen molar-refractivity contribution in [2.45, 2.75) is 6.54 Å². The van der Waals surface area contributed by atoms with Crippen LogP contribution >= 0.6 is 11.6 Å². The summed E-state index contributed by atoms with van der Waals surface area (Å²) < 4.78 is 4.84. The number of ether oxygens (including phenoxy) is 1. The van der Waals surface area contributed by atoms with Gasteiger partial charge in [-0.15, -0.1) is 10.2 Å². The lowest BCUT2D eigenvalue weighted by Gasteiger charge is -2.02. The van der Waals surface area contributed by atoms with E-state index in [0.29, 0.717) is 29.6 Å². The van der Waals surface area contributed by atoms with Crippen LogP contribution in [0.15, 0.2) is 24.3 Å². The summed E-state index contributed by atoms with van der Waals surface area (Å²) in [4.78, 5) is 12.8. The van der Waals surface area contributed by atoms with E-state index in [-0.39, 0.29) is 12.5 Å². The van der Waals surface area contributed by atoms with Crippen molar-refractivity contribution in [3.05, 3.63) is 29.3 Å². The van der Waals surface area contributed by atoms with Gasteiger partial charge in [-0.1, -0.05) is 23.7 Å². The molecule has 8 heteroatoms. The minimum absolute atomic E-state index is 0.00116. The van der Waals surface area contributed by atoms with E-state index < -0.39 is 0 Å². The normalized spacial score (nSPS) is 10.5. The largest absolute Gasteiger partial charge is 0.383 e. The van der Waals surface area contributed by atoms with Crippen molar-refractivity contribution >= 4 is 17.5 Å². The third kappa shape index (κ3) is 3.75. The second-order valence-electron chi connectivity index (χ2n) is 3.97. The fourth-order valence-electron chi connectivity index (χ4n) is 1.54. The third-order valence-corrected chi connectivity index (χ3v) is 2.81. The summed E-state index contributed by atoms with van der Waals surface area (Å²) in [6, 6.07) is 7.19. The van der Waals surface area contributed by atoms with Gasteiger partial charge in [0.25, 0.3) is 0 Å². The van der Waals surface area contributed by atoms with Crippen LogP contribution in [0, 0.1) is 0 Å². The second kappa shape index (κ2) is 6.97. The van der Waals surface area contributed by atoms with Gasteiger partial charge in [0.05, 0.1) is 11.6 Å². The number of rotatable bonds is 6. The minimum Gasteiger partial charge on any atom is -0.383 e. The SMILES string of the molecule is COCCNC(=O)Cn1nnc(-c2ccccc2Cl)n1. The van der Waals surface area contributed by atoms with Gasteiger partial charge < -0.3 is 10.1 Å².